The van der Waals surface area contributed by atoms with Gasteiger partial charge in [0.1, 0.15) is 11.4 Å². The van der Waals surface area contributed by atoms with E-state index in [1.807, 2.05) is 26.8 Å². The molecule has 2 rings (SSSR count). The second kappa shape index (κ2) is 6.96. The highest BCUT2D eigenvalue weighted by molar-refractivity contribution is 5.68. The topological polar surface area (TPSA) is 77.7 Å². The molecule has 0 aromatic carbocycles. The van der Waals surface area contributed by atoms with Gasteiger partial charge in [-0.25, -0.2) is 4.79 Å². The Bertz CT molecular complexity index is 514. The van der Waals surface area contributed by atoms with Gasteiger partial charge in [-0.2, -0.15) is 0 Å². The van der Waals surface area contributed by atoms with Gasteiger partial charge < -0.3 is 20.1 Å². The van der Waals surface area contributed by atoms with Gasteiger partial charge in [-0.1, -0.05) is 0 Å². The molecular formula is C16H25N3O3. The zero-order chi connectivity index (χ0) is 16.2. The van der Waals surface area contributed by atoms with Crippen molar-refractivity contribution in [3.8, 4) is 5.75 Å². The predicted octanol–water partition coefficient (Wildman–Crippen LogP) is 2.18. The molecule has 1 aliphatic rings. The van der Waals surface area contributed by atoms with E-state index in [1.165, 1.54) is 0 Å². The summed E-state index contributed by atoms with van der Waals surface area (Å²) in [6.45, 7) is 7.96. The van der Waals surface area contributed by atoms with Gasteiger partial charge in [0.25, 0.3) is 0 Å². The first kappa shape index (κ1) is 16.5. The summed E-state index contributed by atoms with van der Waals surface area (Å²) < 4.78 is 11.2. The molecule has 1 aliphatic heterocycles. The van der Waals surface area contributed by atoms with Gasteiger partial charge in [0.2, 0.25) is 0 Å². The van der Waals surface area contributed by atoms with Crippen molar-refractivity contribution < 1.29 is 14.3 Å². The first-order chi connectivity index (χ1) is 10.4. The summed E-state index contributed by atoms with van der Waals surface area (Å²) in [6.07, 6.45) is 4.05. The molecule has 1 atom stereocenters. The van der Waals surface area contributed by atoms with Gasteiger partial charge >= 0.3 is 6.09 Å². The van der Waals surface area contributed by atoms with Crippen LogP contribution in [0.4, 0.5) is 4.79 Å². The number of hydrogen-bond acceptors (Lipinski definition) is 5. The van der Waals surface area contributed by atoms with Gasteiger partial charge in [-0.15, -0.1) is 0 Å². The molecule has 1 aromatic rings. The fourth-order valence-electron chi connectivity index (χ4n) is 2.38. The number of carbonyl (C=O) groups is 1. The van der Waals surface area contributed by atoms with Gasteiger partial charge in [0, 0.05) is 37.3 Å². The van der Waals surface area contributed by atoms with E-state index in [4.69, 9.17) is 15.2 Å². The lowest BCUT2D eigenvalue weighted by Crippen LogP contribution is -2.35. The van der Waals surface area contributed by atoms with Crippen LogP contribution in [0.2, 0.25) is 0 Å². The number of carbonyl (C=O) groups excluding carboxylic acids is 1. The summed E-state index contributed by atoms with van der Waals surface area (Å²) in [5, 5.41) is 0. The third-order valence-corrected chi connectivity index (χ3v) is 3.50. The van der Waals surface area contributed by atoms with Crippen LogP contribution in [0, 0.1) is 5.92 Å². The molecule has 1 saturated heterocycles. The quantitative estimate of drug-likeness (QED) is 0.922. The third kappa shape index (κ3) is 4.59. The maximum atomic E-state index is 12.0. The van der Waals surface area contributed by atoms with Gasteiger partial charge in [0.05, 0.1) is 12.8 Å². The Labute approximate surface area is 131 Å². The number of hydrogen-bond donors (Lipinski definition) is 1. The van der Waals surface area contributed by atoms with Crippen LogP contribution in [0.1, 0.15) is 32.8 Å². The van der Waals surface area contributed by atoms with Crippen LogP contribution in [-0.2, 0) is 11.3 Å². The van der Waals surface area contributed by atoms with Gasteiger partial charge in [-0.05, 0) is 33.3 Å². The lowest BCUT2D eigenvalue weighted by Gasteiger charge is -2.24. The average Bonchev–Trinajstić information content (AvgIpc) is 2.92. The van der Waals surface area contributed by atoms with Crippen LogP contribution in [0.3, 0.4) is 0 Å². The van der Waals surface area contributed by atoms with E-state index in [9.17, 15) is 4.79 Å². The normalized spacial score (nSPS) is 18.4. The predicted molar refractivity (Wildman–Crippen MR) is 83.5 cm³/mol. The Morgan fingerprint density at radius 2 is 2.27 bits per heavy atom. The molecule has 6 nitrogen and oxygen atoms in total. The zero-order valence-electron chi connectivity index (χ0n) is 13.5. The van der Waals surface area contributed by atoms with Crippen molar-refractivity contribution in [1.82, 2.24) is 9.88 Å². The molecule has 0 saturated carbocycles. The highest BCUT2D eigenvalue weighted by Gasteiger charge is 2.30. The second-order valence-corrected chi connectivity index (χ2v) is 6.58. The minimum Gasteiger partial charge on any atom is -0.491 e. The number of aromatic nitrogens is 1. The highest BCUT2D eigenvalue weighted by atomic mass is 16.6. The van der Waals surface area contributed by atoms with Crippen LogP contribution in [-0.4, -0.2) is 41.3 Å². The SMILES string of the molecule is CC(C)(C)OC(=O)N1CCC(COc2cnccc2CN)C1. The van der Waals surface area contributed by atoms with E-state index >= 15 is 0 Å². The molecule has 0 spiro atoms. The molecule has 1 fully saturated rings. The highest BCUT2D eigenvalue weighted by Crippen LogP contribution is 2.22. The zero-order valence-corrected chi connectivity index (χ0v) is 13.5. The lowest BCUT2D eigenvalue weighted by atomic mass is 10.1. The Hall–Kier alpha value is -1.82. The molecular weight excluding hydrogens is 282 g/mol. The maximum absolute atomic E-state index is 12.0. The summed E-state index contributed by atoms with van der Waals surface area (Å²) in [4.78, 5) is 17.8. The molecule has 0 radical (unpaired) electrons. The Morgan fingerprint density at radius 1 is 1.50 bits per heavy atom. The first-order valence-corrected chi connectivity index (χ1v) is 7.62. The second-order valence-electron chi connectivity index (χ2n) is 6.58. The molecule has 1 unspecified atom stereocenters. The molecule has 1 aromatic heterocycles. The number of pyridine rings is 1. The van der Waals surface area contributed by atoms with Crippen molar-refractivity contribution in [3.05, 3.63) is 24.0 Å². The monoisotopic (exact) mass is 307 g/mol. The van der Waals surface area contributed by atoms with E-state index in [0.717, 1.165) is 17.7 Å². The van der Waals surface area contributed by atoms with E-state index in [-0.39, 0.29) is 6.09 Å². The van der Waals surface area contributed by atoms with E-state index in [1.54, 1.807) is 17.3 Å². The molecule has 1 amide bonds. The molecule has 0 bridgehead atoms. The molecule has 122 valence electrons. The summed E-state index contributed by atoms with van der Waals surface area (Å²) >= 11 is 0. The van der Waals surface area contributed by atoms with Crippen molar-refractivity contribution in [3.63, 3.8) is 0 Å². The molecule has 2 heterocycles. The van der Waals surface area contributed by atoms with Crippen molar-refractivity contribution in [2.45, 2.75) is 39.3 Å². The third-order valence-electron chi connectivity index (χ3n) is 3.50. The summed E-state index contributed by atoms with van der Waals surface area (Å²) in [6, 6.07) is 1.86. The number of rotatable bonds is 4. The van der Waals surface area contributed by atoms with Crippen LogP contribution in [0.15, 0.2) is 18.5 Å². The fraction of sp³-hybridized carbons (Fsp3) is 0.625. The summed E-state index contributed by atoms with van der Waals surface area (Å²) in [7, 11) is 0. The first-order valence-electron chi connectivity index (χ1n) is 7.62. The summed E-state index contributed by atoms with van der Waals surface area (Å²) in [5.41, 5.74) is 6.16. The van der Waals surface area contributed by atoms with E-state index in [2.05, 4.69) is 4.98 Å². The van der Waals surface area contributed by atoms with Crippen molar-refractivity contribution in [2.24, 2.45) is 11.7 Å². The molecule has 2 N–H and O–H groups in total. The largest absolute Gasteiger partial charge is 0.491 e. The number of ether oxygens (including phenoxy) is 2. The number of nitrogens with two attached hydrogens (primary N) is 1. The number of likely N-dealkylation sites (tertiary alicyclic amines) is 1. The van der Waals surface area contributed by atoms with Crippen molar-refractivity contribution in [2.75, 3.05) is 19.7 Å². The van der Waals surface area contributed by atoms with Gasteiger partial charge in [-0.3, -0.25) is 4.98 Å². The molecule has 22 heavy (non-hydrogen) atoms. The standard InChI is InChI=1S/C16H25N3O3/c1-16(2,3)22-15(20)19-7-5-12(10-19)11-21-14-9-18-6-4-13(14)8-17/h4,6,9,12H,5,7-8,10-11,17H2,1-3H3. The lowest BCUT2D eigenvalue weighted by molar-refractivity contribution is 0.0284. The Balaban J connectivity index is 1.83. The average molecular weight is 307 g/mol. The fourth-order valence-corrected chi connectivity index (χ4v) is 2.38. The van der Waals surface area contributed by atoms with Gasteiger partial charge in [0.15, 0.2) is 0 Å². The van der Waals surface area contributed by atoms with Crippen molar-refractivity contribution in [1.29, 1.82) is 0 Å². The van der Waals surface area contributed by atoms with Crippen LogP contribution in [0.25, 0.3) is 0 Å². The van der Waals surface area contributed by atoms with E-state index in [0.29, 0.717) is 32.2 Å². The van der Waals surface area contributed by atoms with Crippen molar-refractivity contribution >= 4 is 6.09 Å². The van der Waals surface area contributed by atoms with Crippen LogP contribution in [0.5, 0.6) is 5.75 Å². The Morgan fingerprint density at radius 3 is 2.95 bits per heavy atom. The number of nitrogens with zero attached hydrogens (tertiary/aromatic N) is 2. The summed E-state index contributed by atoms with van der Waals surface area (Å²) in [5.74, 6) is 1.03. The molecule has 6 heteroatoms. The van der Waals surface area contributed by atoms with Crippen LogP contribution >= 0.6 is 0 Å². The Kier molecular flexibility index (Phi) is 5.24. The molecule has 0 aliphatic carbocycles. The minimum absolute atomic E-state index is 0.251. The maximum Gasteiger partial charge on any atom is 0.410 e. The van der Waals surface area contributed by atoms with Crippen LogP contribution < -0.4 is 10.5 Å². The number of amides is 1. The minimum atomic E-state index is -0.461. The smallest absolute Gasteiger partial charge is 0.410 e. The van der Waals surface area contributed by atoms with E-state index < -0.39 is 5.60 Å².